The van der Waals surface area contributed by atoms with E-state index in [-0.39, 0.29) is 11.9 Å². The molecule has 154 valence electrons. The van der Waals surface area contributed by atoms with E-state index in [0.29, 0.717) is 24.3 Å². The summed E-state index contributed by atoms with van der Waals surface area (Å²) < 4.78 is 0. The molecule has 2 saturated heterocycles. The van der Waals surface area contributed by atoms with Crippen LogP contribution in [0.4, 0.5) is 0 Å². The lowest BCUT2D eigenvalue weighted by molar-refractivity contribution is 0.168. The number of nitrogens with one attached hydrogen (secondary N) is 2. The fraction of sp³-hybridized carbons (Fsp3) is 0.619. The molecular weight excluding hydrogens is 350 g/mol. The summed E-state index contributed by atoms with van der Waals surface area (Å²) in [7, 11) is 0. The number of rotatable bonds is 6. The van der Waals surface area contributed by atoms with E-state index in [1.165, 1.54) is 17.5 Å². The van der Waals surface area contributed by atoms with E-state index in [1.54, 1.807) is 0 Å². The lowest BCUT2D eigenvalue weighted by Crippen LogP contribution is -2.45. The molecule has 0 aromatic heterocycles. The second kappa shape index (κ2) is 9.28. The third-order valence-corrected chi connectivity index (χ3v) is 6.45. The molecule has 0 saturated carbocycles. The highest BCUT2D eigenvalue weighted by molar-refractivity contribution is 5.75. The Morgan fingerprint density at radius 2 is 1.75 bits per heavy atom. The van der Waals surface area contributed by atoms with Crippen molar-refractivity contribution >= 4 is 11.9 Å². The van der Waals surface area contributed by atoms with Crippen molar-refractivity contribution in [1.29, 1.82) is 10.8 Å². The predicted octanol–water partition coefficient (Wildman–Crippen LogP) is 1.51. The maximum Gasteiger partial charge on any atom is 0.188 e. The lowest BCUT2D eigenvalue weighted by Gasteiger charge is -2.38. The van der Waals surface area contributed by atoms with Crippen molar-refractivity contribution in [1.82, 2.24) is 9.80 Å². The van der Waals surface area contributed by atoms with Crippen LogP contribution in [0.1, 0.15) is 36.8 Å². The van der Waals surface area contributed by atoms with Gasteiger partial charge in [0.25, 0.3) is 0 Å². The molecule has 1 aromatic carbocycles. The average molecular weight is 386 g/mol. The molecule has 2 aliphatic rings. The summed E-state index contributed by atoms with van der Waals surface area (Å²) in [6.45, 7) is 4.11. The van der Waals surface area contributed by atoms with Gasteiger partial charge in [0.2, 0.25) is 0 Å². The van der Waals surface area contributed by atoms with E-state index in [2.05, 4.69) is 24.3 Å². The van der Waals surface area contributed by atoms with Gasteiger partial charge in [0.1, 0.15) is 0 Å². The smallest absolute Gasteiger partial charge is 0.188 e. The van der Waals surface area contributed by atoms with Crippen molar-refractivity contribution in [2.75, 3.05) is 26.2 Å². The van der Waals surface area contributed by atoms with Crippen molar-refractivity contribution in [3.05, 3.63) is 35.4 Å². The molecule has 0 radical (unpaired) electrons. The number of piperidine rings is 1. The van der Waals surface area contributed by atoms with Crippen molar-refractivity contribution < 1.29 is 0 Å². The van der Waals surface area contributed by atoms with Gasteiger partial charge in [0, 0.05) is 32.7 Å². The summed E-state index contributed by atoms with van der Waals surface area (Å²) in [6.07, 6.45) is 5.54. The number of likely N-dealkylation sites (tertiary alicyclic amines) is 2. The Balaban J connectivity index is 1.73. The van der Waals surface area contributed by atoms with Gasteiger partial charge in [-0.25, -0.2) is 0 Å². The van der Waals surface area contributed by atoms with Crippen LogP contribution >= 0.6 is 0 Å². The average Bonchev–Trinajstić information content (AvgIpc) is 3.17. The van der Waals surface area contributed by atoms with Crippen LogP contribution in [0.5, 0.6) is 0 Å². The fourth-order valence-corrected chi connectivity index (χ4v) is 4.91. The van der Waals surface area contributed by atoms with Crippen molar-refractivity contribution in [2.24, 2.45) is 35.0 Å². The molecule has 28 heavy (non-hydrogen) atoms. The van der Waals surface area contributed by atoms with Crippen molar-refractivity contribution in [3.8, 4) is 0 Å². The number of guanidine groups is 2. The summed E-state index contributed by atoms with van der Waals surface area (Å²) >= 11 is 0. The van der Waals surface area contributed by atoms with Gasteiger partial charge in [0.05, 0.1) is 0 Å². The van der Waals surface area contributed by atoms with Crippen LogP contribution in [0.25, 0.3) is 0 Å². The SMILES string of the molecule is N=C(N)N1CCC(CC(Cc2cccc(CN)c2)C2CCCN(C(=N)N)C2)C1. The van der Waals surface area contributed by atoms with Crippen LogP contribution in [0.2, 0.25) is 0 Å². The lowest BCUT2D eigenvalue weighted by atomic mass is 9.76. The van der Waals surface area contributed by atoms with Crippen molar-refractivity contribution in [3.63, 3.8) is 0 Å². The first-order valence-corrected chi connectivity index (χ1v) is 10.4. The Morgan fingerprint density at radius 3 is 2.43 bits per heavy atom. The first-order valence-electron chi connectivity index (χ1n) is 10.4. The Morgan fingerprint density at radius 1 is 1.04 bits per heavy atom. The van der Waals surface area contributed by atoms with Crippen LogP contribution in [-0.4, -0.2) is 47.9 Å². The topological polar surface area (TPSA) is 132 Å². The van der Waals surface area contributed by atoms with Crippen LogP contribution in [0.3, 0.4) is 0 Å². The van der Waals surface area contributed by atoms with Gasteiger partial charge >= 0.3 is 0 Å². The van der Waals surface area contributed by atoms with Crippen LogP contribution < -0.4 is 17.2 Å². The fourth-order valence-electron chi connectivity index (χ4n) is 4.91. The molecule has 3 rings (SSSR count). The molecule has 2 aliphatic heterocycles. The first kappa shape index (κ1) is 20.5. The predicted molar refractivity (Wildman–Crippen MR) is 114 cm³/mol. The normalized spacial score (nSPS) is 23.6. The zero-order valence-corrected chi connectivity index (χ0v) is 16.7. The molecule has 0 bridgehead atoms. The minimum atomic E-state index is 0.190. The monoisotopic (exact) mass is 385 g/mol. The quantitative estimate of drug-likeness (QED) is 0.374. The van der Waals surface area contributed by atoms with E-state index in [9.17, 15) is 0 Å². The van der Waals surface area contributed by atoms with Gasteiger partial charge in [-0.2, -0.15) is 0 Å². The van der Waals surface area contributed by atoms with Gasteiger partial charge in [-0.05, 0) is 61.0 Å². The van der Waals surface area contributed by atoms with E-state index < -0.39 is 0 Å². The van der Waals surface area contributed by atoms with Gasteiger partial charge in [0.15, 0.2) is 11.9 Å². The Hall–Kier alpha value is -2.28. The van der Waals surface area contributed by atoms with E-state index in [0.717, 1.165) is 51.9 Å². The highest BCUT2D eigenvalue weighted by Gasteiger charge is 2.32. The molecule has 7 nitrogen and oxygen atoms in total. The first-order chi connectivity index (χ1) is 13.5. The maximum atomic E-state index is 7.84. The van der Waals surface area contributed by atoms with E-state index in [1.807, 2.05) is 9.80 Å². The minimum Gasteiger partial charge on any atom is -0.370 e. The summed E-state index contributed by atoms with van der Waals surface area (Å²) in [5, 5.41) is 15.5. The summed E-state index contributed by atoms with van der Waals surface area (Å²) in [6, 6.07) is 8.62. The summed E-state index contributed by atoms with van der Waals surface area (Å²) in [5.41, 5.74) is 19.8. The zero-order valence-electron chi connectivity index (χ0n) is 16.7. The number of nitrogens with zero attached hydrogens (tertiary/aromatic N) is 2. The van der Waals surface area contributed by atoms with E-state index in [4.69, 9.17) is 28.0 Å². The van der Waals surface area contributed by atoms with Crippen LogP contribution in [0.15, 0.2) is 24.3 Å². The van der Waals surface area contributed by atoms with E-state index >= 15 is 0 Å². The molecular formula is C21H35N7. The minimum absolute atomic E-state index is 0.190. The van der Waals surface area contributed by atoms with Crippen LogP contribution in [0, 0.1) is 28.6 Å². The molecule has 2 heterocycles. The second-order valence-corrected chi connectivity index (χ2v) is 8.44. The molecule has 3 atom stereocenters. The molecule has 0 aliphatic carbocycles. The number of hydrogen-bond acceptors (Lipinski definition) is 3. The van der Waals surface area contributed by atoms with Gasteiger partial charge in [-0.1, -0.05) is 24.3 Å². The Labute approximate surface area is 168 Å². The zero-order chi connectivity index (χ0) is 20.1. The molecule has 3 unspecified atom stereocenters. The van der Waals surface area contributed by atoms with Gasteiger partial charge in [-0.3, -0.25) is 10.8 Å². The highest BCUT2D eigenvalue weighted by Crippen LogP contribution is 2.34. The largest absolute Gasteiger partial charge is 0.370 e. The van der Waals surface area contributed by atoms with Gasteiger partial charge in [-0.15, -0.1) is 0 Å². The molecule has 2 fully saturated rings. The molecule has 0 amide bonds. The summed E-state index contributed by atoms with van der Waals surface area (Å²) in [4.78, 5) is 4.01. The molecule has 8 N–H and O–H groups in total. The van der Waals surface area contributed by atoms with Crippen LogP contribution in [-0.2, 0) is 13.0 Å². The Bertz CT molecular complexity index is 689. The number of benzene rings is 1. The molecule has 1 aromatic rings. The molecule has 7 heteroatoms. The highest BCUT2D eigenvalue weighted by atomic mass is 15.2. The molecule has 0 spiro atoms. The third-order valence-electron chi connectivity index (χ3n) is 6.45. The third kappa shape index (κ3) is 5.16. The van der Waals surface area contributed by atoms with Gasteiger partial charge < -0.3 is 27.0 Å². The number of nitrogens with two attached hydrogens (primary N) is 3. The Kier molecular flexibility index (Phi) is 6.78. The number of hydrogen-bond donors (Lipinski definition) is 5. The standard InChI is InChI=1S/C21H35N7/c22-12-16-4-1-3-15(9-16)10-19(11-17-6-8-28(13-17)21(25)26)18-5-2-7-27(14-18)20(23)24/h1,3-4,9,17-19H,2,5-8,10-14,22H2,(H3,23,24)(H3,25,26). The maximum absolute atomic E-state index is 7.84. The van der Waals surface area contributed by atoms with Crippen molar-refractivity contribution in [2.45, 2.75) is 38.6 Å². The summed E-state index contributed by atoms with van der Waals surface area (Å²) in [5.74, 6) is 2.02. The second-order valence-electron chi connectivity index (χ2n) is 8.44.